The smallest absolute Gasteiger partial charge is 0.0676 e. The molecule has 0 aliphatic heterocycles. The summed E-state index contributed by atoms with van der Waals surface area (Å²) in [5.74, 6) is 0.538. The van der Waals surface area contributed by atoms with Gasteiger partial charge in [-0.25, -0.2) is 0 Å². The second kappa shape index (κ2) is 5.22. The van der Waals surface area contributed by atoms with Gasteiger partial charge in [-0.05, 0) is 48.6 Å². The summed E-state index contributed by atoms with van der Waals surface area (Å²) in [4.78, 5) is 0. The summed E-state index contributed by atoms with van der Waals surface area (Å²) in [5, 5.41) is 13.6. The number of fused-ring (bicyclic) bond motifs is 1. The van der Waals surface area contributed by atoms with Gasteiger partial charge in [0.15, 0.2) is 0 Å². The van der Waals surface area contributed by atoms with Crippen LogP contribution in [0, 0.1) is 0 Å². The van der Waals surface area contributed by atoms with Crippen LogP contribution in [0.3, 0.4) is 0 Å². The summed E-state index contributed by atoms with van der Waals surface area (Å²) in [6.45, 7) is 0.648. The van der Waals surface area contributed by atoms with Gasteiger partial charge in [-0.15, -0.1) is 0 Å². The van der Waals surface area contributed by atoms with Gasteiger partial charge >= 0.3 is 0 Å². The second-order valence-electron chi connectivity index (χ2n) is 6.76. The van der Waals surface area contributed by atoms with E-state index >= 15 is 0 Å². The fourth-order valence-corrected chi connectivity index (χ4v) is 4.79. The number of benzene rings is 2. The SMILES string of the molecule is [11CH3]NCC(O)CC12CCC(c3ccccc31)c1ccccc12. The third-order valence-corrected chi connectivity index (χ3v) is 5.59. The van der Waals surface area contributed by atoms with Crippen LogP contribution in [0.2, 0.25) is 0 Å². The summed E-state index contributed by atoms with van der Waals surface area (Å²) < 4.78 is 0. The quantitative estimate of drug-likeness (QED) is 0.907. The Morgan fingerprint density at radius 1 is 1.09 bits per heavy atom. The highest BCUT2D eigenvalue weighted by Gasteiger charge is 2.48. The highest BCUT2D eigenvalue weighted by atomic mass is 16.3. The number of hydrogen-bond acceptors (Lipinski definition) is 2. The van der Waals surface area contributed by atoms with E-state index in [2.05, 4.69) is 53.8 Å². The highest BCUT2D eigenvalue weighted by Crippen LogP contribution is 2.57. The fourth-order valence-electron chi connectivity index (χ4n) is 4.79. The molecular weight excluding hydrogens is 269 g/mol. The van der Waals surface area contributed by atoms with Gasteiger partial charge in [0.25, 0.3) is 0 Å². The average molecular weight is 292 g/mol. The molecular formula is C20H23NO. The molecule has 3 aliphatic carbocycles. The Labute approximate surface area is 132 Å². The third-order valence-electron chi connectivity index (χ3n) is 5.59. The monoisotopic (exact) mass is 292 g/mol. The van der Waals surface area contributed by atoms with Crippen LogP contribution in [0.4, 0.5) is 0 Å². The maximum absolute atomic E-state index is 10.5. The minimum absolute atomic E-state index is 0.0157. The molecule has 0 saturated heterocycles. The van der Waals surface area contributed by atoms with Crippen LogP contribution in [0.25, 0.3) is 0 Å². The maximum atomic E-state index is 10.5. The normalized spacial score (nSPS) is 26.4. The first kappa shape index (κ1) is 14.0. The number of aliphatic hydroxyl groups excluding tert-OH is 1. The van der Waals surface area contributed by atoms with E-state index in [1.165, 1.54) is 28.7 Å². The molecule has 0 spiro atoms. The first-order chi connectivity index (χ1) is 10.8. The predicted octanol–water partition coefficient (Wildman–Crippen LogP) is 3.18. The molecule has 2 bridgehead atoms. The van der Waals surface area contributed by atoms with Crippen molar-refractivity contribution >= 4 is 0 Å². The Morgan fingerprint density at radius 3 is 2.27 bits per heavy atom. The van der Waals surface area contributed by atoms with Gasteiger partial charge in [-0.3, -0.25) is 0 Å². The van der Waals surface area contributed by atoms with Gasteiger partial charge in [0.2, 0.25) is 0 Å². The Morgan fingerprint density at radius 2 is 1.68 bits per heavy atom. The van der Waals surface area contributed by atoms with Crippen molar-refractivity contribution in [3.05, 3.63) is 70.8 Å². The molecule has 0 fully saturated rings. The lowest BCUT2D eigenvalue weighted by Gasteiger charge is -2.50. The molecule has 22 heavy (non-hydrogen) atoms. The number of rotatable bonds is 4. The summed E-state index contributed by atoms with van der Waals surface area (Å²) in [6, 6.07) is 17.7. The molecule has 0 amide bonds. The molecule has 1 unspecified atom stereocenters. The van der Waals surface area contributed by atoms with Crippen molar-refractivity contribution in [2.75, 3.05) is 13.6 Å². The predicted molar refractivity (Wildman–Crippen MR) is 89.3 cm³/mol. The zero-order chi connectivity index (χ0) is 15.2. The Balaban J connectivity index is 1.89. The van der Waals surface area contributed by atoms with E-state index in [9.17, 15) is 5.11 Å². The molecule has 0 aromatic heterocycles. The molecule has 5 rings (SSSR count). The van der Waals surface area contributed by atoms with Crippen LogP contribution in [-0.4, -0.2) is 24.8 Å². The van der Waals surface area contributed by atoms with Gasteiger partial charge in [0, 0.05) is 17.9 Å². The van der Waals surface area contributed by atoms with E-state index in [0.717, 1.165) is 12.8 Å². The summed E-state index contributed by atoms with van der Waals surface area (Å²) >= 11 is 0. The fraction of sp³-hybridized carbons (Fsp3) is 0.400. The lowest BCUT2D eigenvalue weighted by atomic mass is 9.53. The Kier molecular flexibility index (Phi) is 3.32. The molecule has 0 saturated carbocycles. The highest BCUT2D eigenvalue weighted by molar-refractivity contribution is 5.59. The van der Waals surface area contributed by atoms with Crippen LogP contribution in [0.1, 0.15) is 47.4 Å². The molecule has 2 heteroatoms. The van der Waals surface area contributed by atoms with E-state index in [4.69, 9.17) is 0 Å². The van der Waals surface area contributed by atoms with E-state index in [0.29, 0.717) is 12.5 Å². The lowest BCUT2D eigenvalue weighted by molar-refractivity contribution is 0.130. The first-order valence-corrected chi connectivity index (χ1v) is 8.28. The van der Waals surface area contributed by atoms with E-state index in [-0.39, 0.29) is 11.5 Å². The van der Waals surface area contributed by atoms with Crippen LogP contribution in [-0.2, 0) is 5.41 Å². The van der Waals surface area contributed by atoms with Crippen molar-refractivity contribution in [2.45, 2.75) is 36.7 Å². The van der Waals surface area contributed by atoms with Crippen molar-refractivity contribution in [2.24, 2.45) is 0 Å². The Bertz CT molecular complexity index is 646. The molecule has 3 aliphatic rings. The second-order valence-corrected chi connectivity index (χ2v) is 6.76. The molecule has 2 aromatic carbocycles. The van der Waals surface area contributed by atoms with Crippen molar-refractivity contribution < 1.29 is 5.11 Å². The van der Waals surface area contributed by atoms with Gasteiger partial charge in [-0.2, -0.15) is 0 Å². The molecule has 1 atom stereocenters. The summed E-state index contributed by atoms with van der Waals surface area (Å²) in [6.07, 6.45) is 2.82. The van der Waals surface area contributed by atoms with Crippen molar-refractivity contribution in [3.63, 3.8) is 0 Å². The molecule has 0 heterocycles. The summed E-state index contributed by atoms with van der Waals surface area (Å²) in [5.41, 5.74) is 5.83. The number of aliphatic hydroxyl groups is 1. The number of nitrogens with one attached hydrogen (secondary N) is 1. The van der Waals surface area contributed by atoms with Crippen molar-refractivity contribution in [3.8, 4) is 0 Å². The largest absolute Gasteiger partial charge is 0.392 e. The number of likely N-dealkylation sites (N-methyl/N-ethyl adjacent to an activating group) is 1. The average Bonchev–Trinajstić information content (AvgIpc) is 2.56. The maximum Gasteiger partial charge on any atom is 0.0676 e. The van der Waals surface area contributed by atoms with Gasteiger partial charge in [-0.1, -0.05) is 48.5 Å². The first-order valence-electron chi connectivity index (χ1n) is 8.28. The van der Waals surface area contributed by atoms with Crippen LogP contribution in [0.15, 0.2) is 48.5 Å². The van der Waals surface area contributed by atoms with Gasteiger partial charge in [0.1, 0.15) is 0 Å². The number of hydrogen-bond donors (Lipinski definition) is 2. The van der Waals surface area contributed by atoms with E-state index in [1.807, 2.05) is 7.05 Å². The summed E-state index contributed by atoms with van der Waals surface area (Å²) in [7, 11) is 1.90. The van der Waals surface area contributed by atoms with Gasteiger partial charge in [0.05, 0.1) is 6.10 Å². The standard InChI is InChI=1S/C20H23NO/c1-21-13-14(22)12-20-11-10-15(16-6-2-4-8-18(16)20)17-7-3-5-9-19(17)20/h2-9,14-15,21-22H,10-13H2,1H3/i1-1. The van der Waals surface area contributed by atoms with Crippen molar-refractivity contribution in [1.29, 1.82) is 0 Å². The van der Waals surface area contributed by atoms with Crippen LogP contribution in [0.5, 0.6) is 0 Å². The van der Waals surface area contributed by atoms with Crippen LogP contribution < -0.4 is 5.32 Å². The minimum atomic E-state index is -0.319. The van der Waals surface area contributed by atoms with Gasteiger partial charge < -0.3 is 10.4 Å². The van der Waals surface area contributed by atoms with Crippen LogP contribution >= 0.6 is 0 Å². The molecule has 2 N–H and O–H groups in total. The van der Waals surface area contributed by atoms with E-state index in [1.54, 1.807) is 0 Å². The zero-order valence-electron chi connectivity index (χ0n) is 13.0. The van der Waals surface area contributed by atoms with Crippen molar-refractivity contribution in [1.82, 2.24) is 5.32 Å². The topological polar surface area (TPSA) is 32.3 Å². The molecule has 114 valence electrons. The molecule has 2 aromatic rings. The Hall–Kier alpha value is -1.64. The van der Waals surface area contributed by atoms with E-state index < -0.39 is 0 Å². The zero-order valence-corrected chi connectivity index (χ0v) is 13.0. The molecule has 0 radical (unpaired) electrons. The minimum Gasteiger partial charge on any atom is -0.392 e. The molecule has 2 nitrogen and oxygen atoms in total. The third kappa shape index (κ3) is 1.87. The lowest BCUT2D eigenvalue weighted by Crippen LogP contribution is -2.43.